The molecule has 2 rings (SSSR count). The second kappa shape index (κ2) is 9.05. The number of fused-ring (bicyclic) bond motifs is 1. The second-order valence-electron chi connectivity index (χ2n) is 5.98. The smallest absolute Gasteiger partial charge is 0.223 e. The van der Waals surface area contributed by atoms with E-state index in [-0.39, 0.29) is 11.7 Å². The summed E-state index contributed by atoms with van der Waals surface area (Å²) in [4.78, 5) is 20.7. The Kier molecular flexibility index (Phi) is 6.80. The number of H-pyrrole nitrogens is 1. The first-order valence-corrected chi connectivity index (χ1v) is 8.49. The van der Waals surface area contributed by atoms with Gasteiger partial charge in [-0.2, -0.15) is 0 Å². The molecule has 0 saturated carbocycles. The summed E-state index contributed by atoms with van der Waals surface area (Å²) >= 11 is 0. The van der Waals surface area contributed by atoms with Gasteiger partial charge < -0.3 is 20.5 Å². The lowest BCUT2D eigenvalue weighted by Gasteiger charge is -2.12. The fourth-order valence-electron chi connectivity index (χ4n) is 2.51. The van der Waals surface area contributed by atoms with Crippen LogP contribution in [0, 0.1) is 5.82 Å². The maximum atomic E-state index is 13.2. The lowest BCUT2D eigenvalue weighted by atomic mass is 10.1. The zero-order valence-corrected chi connectivity index (χ0v) is 15.0. The zero-order valence-electron chi connectivity index (χ0n) is 15.0. The van der Waals surface area contributed by atoms with Crippen molar-refractivity contribution in [3.05, 3.63) is 35.8 Å². The predicted molar refractivity (Wildman–Crippen MR) is 99.3 cm³/mol. The number of halogens is 1. The lowest BCUT2D eigenvalue weighted by molar-refractivity contribution is -0.128. The minimum Gasteiger partial charge on any atom is -0.361 e. The molecule has 25 heavy (non-hydrogen) atoms. The molecule has 3 N–H and O–H groups in total. The van der Waals surface area contributed by atoms with Crippen LogP contribution in [0.25, 0.3) is 10.9 Å². The summed E-state index contributed by atoms with van der Waals surface area (Å²) in [6, 6.07) is 4.77. The number of guanidine groups is 1. The molecular weight excluding hydrogens is 321 g/mol. The molecular formula is C18H26FN5O. The van der Waals surface area contributed by atoms with Crippen molar-refractivity contribution in [2.24, 2.45) is 4.99 Å². The third-order valence-corrected chi connectivity index (χ3v) is 3.85. The van der Waals surface area contributed by atoms with Crippen molar-refractivity contribution in [2.75, 3.05) is 33.7 Å². The fourth-order valence-corrected chi connectivity index (χ4v) is 2.51. The van der Waals surface area contributed by atoms with Gasteiger partial charge in [0, 0.05) is 50.7 Å². The molecule has 136 valence electrons. The van der Waals surface area contributed by atoms with Gasteiger partial charge in [-0.15, -0.1) is 0 Å². The Morgan fingerprint density at radius 3 is 2.84 bits per heavy atom. The predicted octanol–water partition coefficient (Wildman–Crippen LogP) is 1.88. The standard InChI is InChI=1S/C18H26FN5O/c1-4-20-18(22-10-8-17(25)24(2)3)21-9-7-13-12-23-16-11-14(19)5-6-15(13)16/h5-6,11-12,23H,4,7-10H2,1-3H3,(H2,20,21,22). The number of carbonyl (C=O) groups excluding carboxylic acids is 1. The topological polar surface area (TPSA) is 72.5 Å². The summed E-state index contributed by atoms with van der Waals surface area (Å²) in [6.45, 7) is 3.88. The van der Waals surface area contributed by atoms with Gasteiger partial charge in [0.2, 0.25) is 5.91 Å². The lowest BCUT2D eigenvalue weighted by Crippen LogP contribution is -2.38. The Labute approximate surface area is 147 Å². The Hall–Kier alpha value is -2.57. The molecule has 6 nitrogen and oxygen atoms in total. The highest BCUT2D eigenvalue weighted by atomic mass is 19.1. The molecule has 0 unspecified atom stereocenters. The van der Waals surface area contributed by atoms with E-state index >= 15 is 0 Å². The molecule has 0 saturated heterocycles. The molecule has 0 radical (unpaired) electrons. The molecule has 2 aromatic rings. The highest BCUT2D eigenvalue weighted by Gasteiger charge is 2.06. The quantitative estimate of drug-likeness (QED) is 0.529. The number of amides is 1. The van der Waals surface area contributed by atoms with Gasteiger partial charge >= 0.3 is 0 Å². The number of aromatic nitrogens is 1. The number of hydrogen-bond acceptors (Lipinski definition) is 2. The average molecular weight is 347 g/mol. The largest absolute Gasteiger partial charge is 0.361 e. The van der Waals surface area contributed by atoms with Gasteiger partial charge in [-0.1, -0.05) is 0 Å². The van der Waals surface area contributed by atoms with Gasteiger partial charge in [0.1, 0.15) is 5.82 Å². The maximum absolute atomic E-state index is 13.2. The summed E-state index contributed by atoms with van der Waals surface area (Å²) in [6.07, 6.45) is 3.08. The molecule has 1 aromatic carbocycles. The van der Waals surface area contributed by atoms with Crippen LogP contribution >= 0.6 is 0 Å². The molecule has 0 atom stereocenters. The van der Waals surface area contributed by atoms with E-state index in [2.05, 4.69) is 20.6 Å². The van der Waals surface area contributed by atoms with Crippen LogP contribution in [0.5, 0.6) is 0 Å². The first-order chi connectivity index (χ1) is 12.0. The van der Waals surface area contributed by atoms with Gasteiger partial charge in [-0.25, -0.2) is 4.39 Å². The van der Waals surface area contributed by atoms with Crippen LogP contribution in [-0.2, 0) is 11.2 Å². The number of aromatic amines is 1. The van der Waals surface area contributed by atoms with Crippen LogP contribution in [0.3, 0.4) is 0 Å². The molecule has 0 aliphatic rings. The molecule has 1 aromatic heterocycles. The Bertz CT molecular complexity index is 738. The van der Waals surface area contributed by atoms with Crippen molar-refractivity contribution in [3.63, 3.8) is 0 Å². The highest BCUT2D eigenvalue weighted by molar-refractivity contribution is 5.83. The van der Waals surface area contributed by atoms with Crippen LogP contribution in [0.4, 0.5) is 4.39 Å². The van der Waals surface area contributed by atoms with E-state index in [1.165, 1.54) is 12.1 Å². The highest BCUT2D eigenvalue weighted by Crippen LogP contribution is 2.19. The number of nitrogens with zero attached hydrogens (tertiary/aromatic N) is 2. The van der Waals surface area contributed by atoms with Crippen molar-refractivity contribution in [3.8, 4) is 0 Å². The average Bonchev–Trinajstić information content (AvgIpc) is 2.96. The first kappa shape index (κ1) is 18.8. The molecule has 1 amide bonds. The van der Waals surface area contributed by atoms with Crippen LogP contribution in [0.2, 0.25) is 0 Å². The van der Waals surface area contributed by atoms with Crippen molar-refractivity contribution < 1.29 is 9.18 Å². The summed E-state index contributed by atoms with van der Waals surface area (Å²) in [7, 11) is 3.48. The molecule has 7 heteroatoms. The first-order valence-electron chi connectivity index (χ1n) is 8.49. The van der Waals surface area contributed by atoms with Crippen molar-refractivity contribution in [2.45, 2.75) is 19.8 Å². The van der Waals surface area contributed by atoms with Crippen LogP contribution in [0.15, 0.2) is 29.4 Å². The third kappa shape index (κ3) is 5.48. The summed E-state index contributed by atoms with van der Waals surface area (Å²) in [5, 5.41) is 7.46. The fraction of sp³-hybridized carbons (Fsp3) is 0.444. The van der Waals surface area contributed by atoms with E-state index in [1.54, 1.807) is 25.1 Å². The van der Waals surface area contributed by atoms with E-state index in [0.717, 1.165) is 29.4 Å². The van der Waals surface area contributed by atoms with E-state index in [9.17, 15) is 9.18 Å². The normalized spacial score (nSPS) is 11.6. The summed E-state index contributed by atoms with van der Waals surface area (Å²) < 4.78 is 13.2. The van der Waals surface area contributed by atoms with Gasteiger partial charge in [-0.3, -0.25) is 9.79 Å². The molecule has 0 fully saturated rings. The number of rotatable bonds is 7. The zero-order chi connectivity index (χ0) is 18.2. The van der Waals surface area contributed by atoms with Crippen LogP contribution < -0.4 is 10.6 Å². The second-order valence-corrected chi connectivity index (χ2v) is 5.98. The maximum Gasteiger partial charge on any atom is 0.223 e. The number of carbonyl (C=O) groups is 1. The van der Waals surface area contributed by atoms with E-state index in [0.29, 0.717) is 25.5 Å². The molecule has 1 heterocycles. The van der Waals surface area contributed by atoms with E-state index in [1.807, 2.05) is 13.1 Å². The minimum absolute atomic E-state index is 0.0608. The Morgan fingerprint density at radius 2 is 2.12 bits per heavy atom. The number of hydrogen-bond donors (Lipinski definition) is 3. The van der Waals surface area contributed by atoms with E-state index in [4.69, 9.17) is 0 Å². The van der Waals surface area contributed by atoms with Gasteiger partial charge in [0.05, 0.1) is 6.54 Å². The van der Waals surface area contributed by atoms with Crippen molar-refractivity contribution in [1.29, 1.82) is 0 Å². The van der Waals surface area contributed by atoms with Crippen molar-refractivity contribution >= 4 is 22.8 Å². The minimum atomic E-state index is -0.243. The summed E-state index contributed by atoms with van der Waals surface area (Å²) in [5.74, 6) is 0.512. The van der Waals surface area contributed by atoms with Gasteiger partial charge in [-0.05, 0) is 37.1 Å². The summed E-state index contributed by atoms with van der Waals surface area (Å²) in [5.41, 5.74) is 1.93. The number of benzene rings is 1. The Morgan fingerprint density at radius 1 is 1.32 bits per heavy atom. The SMILES string of the molecule is CCNC(=NCCC(=O)N(C)C)NCCc1c[nH]c2cc(F)ccc12. The number of aliphatic imine (C=N–C) groups is 1. The molecule has 0 bridgehead atoms. The van der Waals surface area contributed by atoms with Gasteiger partial charge in [0.25, 0.3) is 0 Å². The van der Waals surface area contributed by atoms with Gasteiger partial charge in [0.15, 0.2) is 5.96 Å². The Balaban J connectivity index is 1.88. The van der Waals surface area contributed by atoms with Crippen LogP contribution in [0.1, 0.15) is 18.9 Å². The molecule has 0 aliphatic carbocycles. The number of nitrogens with one attached hydrogen (secondary N) is 3. The monoisotopic (exact) mass is 347 g/mol. The molecule has 0 spiro atoms. The van der Waals surface area contributed by atoms with Crippen molar-refractivity contribution in [1.82, 2.24) is 20.5 Å². The molecule has 0 aliphatic heterocycles. The van der Waals surface area contributed by atoms with E-state index < -0.39 is 0 Å². The van der Waals surface area contributed by atoms with Crippen LogP contribution in [-0.4, -0.2) is 55.5 Å². The third-order valence-electron chi connectivity index (χ3n) is 3.85.